The molecule has 94 valence electrons. The number of rotatable bonds is 4. The molecular formula is C12H16BrFN2O. The van der Waals surface area contributed by atoms with Crippen LogP contribution in [0.3, 0.4) is 0 Å². The smallest absolute Gasteiger partial charge is 0.237 e. The number of benzene rings is 1. The molecule has 0 spiro atoms. The lowest BCUT2D eigenvalue weighted by molar-refractivity contribution is -0.123. The Hall–Kier alpha value is -0.940. The third-order valence-electron chi connectivity index (χ3n) is 2.48. The molecule has 5 heteroatoms. The maximum Gasteiger partial charge on any atom is 0.237 e. The Bertz CT molecular complexity index is 409. The number of amides is 1. The van der Waals surface area contributed by atoms with Gasteiger partial charge in [0, 0.05) is 11.0 Å². The molecule has 3 N–H and O–H groups in total. The van der Waals surface area contributed by atoms with Crippen LogP contribution in [0.1, 0.15) is 19.4 Å². The number of carbonyl (C=O) groups excluding carboxylic acids is 1. The maximum atomic E-state index is 13.0. The summed E-state index contributed by atoms with van der Waals surface area (Å²) in [6.07, 6.45) is 0. The van der Waals surface area contributed by atoms with E-state index in [4.69, 9.17) is 5.73 Å². The Kier molecular flexibility index (Phi) is 5.08. The van der Waals surface area contributed by atoms with Gasteiger partial charge in [-0.2, -0.15) is 0 Å². The summed E-state index contributed by atoms with van der Waals surface area (Å²) in [5, 5.41) is 2.69. The molecule has 17 heavy (non-hydrogen) atoms. The molecular weight excluding hydrogens is 287 g/mol. The van der Waals surface area contributed by atoms with Crippen molar-refractivity contribution in [3.8, 4) is 0 Å². The van der Waals surface area contributed by atoms with E-state index >= 15 is 0 Å². The van der Waals surface area contributed by atoms with Gasteiger partial charge in [0.05, 0.1) is 6.04 Å². The largest absolute Gasteiger partial charge is 0.351 e. The highest BCUT2D eigenvalue weighted by Crippen LogP contribution is 2.17. The third-order valence-corrected chi connectivity index (χ3v) is 3.26. The topological polar surface area (TPSA) is 55.1 Å². The van der Waals surface area contributed by atoms with Crippen LogP contribution < -0.4 is 11.1 Å². The van der Waals surface area contributed by atoms with Crippen LogP contribution in [0, 0.1) is 11.7 Å². The van der Waals surface area contributed by atoms with Gasteiger partial charge in [-0.15, -0.1) is 0 Å². The van der Waals surface area contributed by atoms with Crippen molar-refractivity contribution in [2.24, 2.45) is 11.7 Å². The molecule has 3 nitrogen and oxygen atoms in total. The van der Waals surface area contributed by atoms with Crippen LogP contribution in [0.25, 0.3) is 0 Å². The van der Waals surface area contributed by atoms with Gasteiger partial charge < -0.3 is 11.1 Å². The lowest BCUT2D eigenvalue weighted by Crippen LogP contribution is -2.43. The van der Waals surface area contributed by atoms with Crippen LogP contribution in [-0.2, 0) is 11.3 Å². The van der Waals surface area contributed by atoms with Crippen LogP contribution in [0.5, 0.6) is 0 Å². The summed E-state index contributed by atoms with van der Waals surface area (Å²) in [7, 11) is 0. The number of nitrogens with two attached hydrogens (primary N) is 1. The van der Waals surface area contributed by atoms with Crippen molar-refractivity contribution >= 4 is 21.8 Å². The zero-order valence-corrected chi connectivity index (χ0v) is 11.4. The quantitative estimate of drug-likeness (QED) is 0.896. The fourth-order valence-electron chi connectivity index (χ4n) is 1.28. The van der Waals surface area contributed by atoms with Crippen molar-refractivity contribution < 1.29 is 9.18 Å². The molecule has 0 aliphatic rings. The van der Waals surface area contributed by atoms with Gasteiger partial charge in [-0.1, -0.05) is 29.8 Å². The van der Waals surface area contributed by atoms with Crippen LogP contribution in [0.4, 0.5) is 4.39 Å². The third kappa shape index (κ3) is 4.09. The van der Waals surface area contributed by atoms with Gasteiger partial charge in [0.1, 0.15) is 5.82 Å². The number of hydrogen-bond donors (Lipinski definition) is 2. The fraction of sp³-hybridized carbons (Fsp3) is 0.417. The molecule has 1 unspecified atom stereocenters. The molecule has 0 aliphatic carbocycles. The maximum absolute atomic E-state index is 13.0. The summed E-state index contributed by atoms with van der Waals surface area (Å²) >= 11 is 3.30. The molecule has 0 fully saturated rings. The van der Waals surface area contributed by atoms with E-state index in [0.29, 0.717) is 5.56 Å². The predicted octanol–water partition coefficient (Wildman–Crippen LogP) is 2.19. The molecule has 1 aromatic rings. The van der Waals surface area contributed by atoms with Crippen LogP contribution in [0.2, 0.25) is 0 Å². The minimum absolute atomic E-state index is 0.0750. The van der Waals surface area contributed by atoms with Gasteiger partial charge in [0.25, 0.3) is 0 Å². The van der Waals surface area contributed by atoms with E-state index in [-0.39, 0.29) is 24.2 Å². The lowest BCUT2D eigenvalue weighted by atomic mass is 10.0. The summed E-state index contributed by atoms with van der Waals surface area (Å²) in [5.74, 6) is -0.479. The average molecular weight is 303 g/mol. The molecule has 0 saturated heterocycles. The van der Waals surface area contributed by atoms with Crippen molar-refractivity contribution in [2.45, 2.75) is 26.4 Å². The first-order valence-electron chi connectivity index (χ1n) is 5.39. The van der Waals surface area contributed by atoms with Crippen molar-refractivity contribution in [3.05, 3.63) is 34.1 Å². The van der Waals surface area contributed by atoms with Crippen LogP contribution in [-0.4, -0.2) is 11.9 Å². The normalized spacial score (nSPS) is 12.6. The summed E-state index contributed by atoms with van der Waals surface area (Å²) in [6, 6.07) is 3.81. The van der Waals surface area contributed by atoms with E-state index in [0.717, 1.165) is 4.47 Å². The first-order valence-corrected chi connectivity index (χ1v) is 6.18. The Balaban J connectivity index is 2.61. The van der Waals surface area contributed by atoms with Gasteiger partial charge in [-0.25, -0.2) is 4.39 Å². The Labute approximate surface area is 109 Å². The summed E-state index contributed by atoms with van der Waals surface area (Å²) in [4.78, 5) is 11.6. The predicted molar refractivity (Wildman–Crippen MR) is 68.8 cm³/mol. The molecule has 0 radical (unpaired) electrons. The monoisotopic (exact) mass is 302 g/mol. The zero-order chi connectivity index (χ0) is 13.0. The number of nitrogens with one attached hydrogen (secondary N) is 1. The van der Waals surface area contributed by atoms with E-state index in [9.17, 15) is 9.18 Å². The van der Waals surface area contributed by atoms with Crippen molar-refractivity contribution in [2.75, 3.05) is 0 Å². The standard InChI is InChI=1S/C12H16BrFN2O/c1-7(2)11(15)12(17)16-6-8-5-9(14)3-4-10(8)13/h3-5,7,11H,6,15H2,1-2H3,(H,16,17). The number of carbonyl (C=O) groups is 1. The van der Waals surface area contributed by atoms with Crippen LogP contribution >= 0.6 is 15.9 Å². The minimum atomic E-state index is -0.540. The van der Waals surface area contributed by atoms with Crippen molar-refractivity contribution in [1.82, 2.24) is 5.32 Å². The van der Waals surface area contributed by atoms with Crippen LogP contribution in [0.15, 0.2) is 22.7 Å². The molecule has 1 rings (SSSR count). The SMILES string of the molecule is CC(C)C(N)C(=O)NCc1cc(F)ccc1Br. The summed E-state index contributed by atoms with van der Waals surface area (Å²) < 4.78 is 13.8. The fourth-order valence-corrected chi connectivity index (χ4v) is 1.67. The van der Waals surface area contributed by atoms with Crippen molar-refractivity contribution in [1.29, 1.82) is 0 Å². The van der Waals surface area contributed by atoms with Gasteiger partial charge >= 0.3 is 0 Å². The van der Waals surface area contributed by atoms with E-state index in [1.165, 1.54) is 12.1 Å². The second-order valence-electron chi connectivity index (χ2n) is 4.22. The molecule has 0 heterocycles. The number of halogens is 2. The van der Waals surface area contributed by atoms with E-state index in [2.05, 4.69) is 21.2 Å². The molecule has 1 atom stereocenters. The highest BCUT2D eigenvalue weighted by atomic mass is 79.9. The average Bonchev–Trinajstić information content (AvgIpc) is 2.28. The Morgan fingerprint density at radius 2 is 2.18 bits per heavy atom. The molecule has 1 aromatic carbocycles. The van der Waals surface area contributed by atoms with Crippen molar-refractivity contribution in [3.63, 3.8) is 0 Å². The van der Waals surface area contributed by atoms with E-state index in [1.54, 1.807) is 6.07 Å². The highest BCUT2D eigenvalue weighted by Gasteiger charge is 2.16. The van der Waals surface area contributed by atoms with Gasteiger partial charge in [0.2, 0.25) is 5.91 Å². The van der Waals surface area contributed by atoms with Gasteiger partial charge in [-0.3, -0.25) is 4.79 Å². The highest BCUT2D eigenvalue weighted by molar-refractivity contribution is 9.10. The van der Waals surface area contributed by atoms with Gasteiger partial charge in [-0.05, 0) is 29.7 Å². The second-order valence-corrected chi connectivity index (χ2v) is 5.08. The molecule has 0 aliphatic heterocycles. The summed E-state index contributed by atoms with van der Waals surface area (Å²) in [6.45, 7) is 4.02. The first-order chi connectivity index (χ1) is 7.91. The molecule has 0 bridgehead atoms. The molecule has 1 amide bonds. The lowest BCUT2D eigenvalue weighted by Gasteiger charge is -2.15. The molecule has 0 aromatic heterocycles. The second kappa shape index (κ2) is 6.12. The first kappa shape index (κ1) is 14.1. The van der Waals surface area contributed by atoms with Gasteiger partial charge in [0.15, 0.2) is 0 Å². The van der Waals surface area contributed by atoms with E-state index in [1.807, 2.05) is 13.8 Å². The Morgan fingerprint density at radius 1 is 1.53 bits per heavy atom. The Morgan fingerprint density at radius 3 is 2.76 bits per heavy atom. The minimum Gasteiger partial charge on any atom is -0.351 e. The summed E-state index contributed by atoms with van der Waals surface area (Å²) in [5.41, 5.74) is 6.38. The molecule has 0 saturated carbocycles. The van der Waals surface area contributed by atoms with E-state index < -0.39 is 6.04 Å². The number of hydrogen-bond acceptors (Lipinski definition) is 2. The zero-order valence-electron chi connectivity index (χ0n) is 9.84.